The molecule has 9 nitrogen and oxygen atoms in total. The van der Waals surface area contributed by atoms with E-state index in [1.54, 1.807) is 31.2 Å². The van der Waals surface area contributed by atoms with Crippen molar-refractivity contribution in [3.8, 4) is 11.3 Å². The summed E-state index contributed by atoms with van der Waals surface area (Å²) in [6.07, 6.45) is 1.20. The molecule has 32 heavy (non-hydrogen) atoms. The number of nitro groups is 1. The summed E-state index contributed by atoms with van der Waals surface area (Å²) < 4.78 is 5.65. The van der Waals surface area contributed by atoms with Crippen LogP contribution in [0.15, 0.2) is 64.6 Å². The van der Waals surface area contributed by atoms with Gasteiger partial charge in [-0.05, 0) is 48.9 Å². The monoisotopic (exact) mass is 451 g/mol. The van der Waals surface area contributed by atoms with Gasteiger partial charge in [-0.1, -0.05) is 23.7 Å². The Labute approximate surface area is 186 Å². The van der Waals surface area contributed by atoms with Crippen LogP contribution in [0, 0.1) is 17.0 Å². The molecule has 10 heteroatoms. The Balaban J connectivity index is 1.70. The van der Waals surface area contributed by atoms with E-state index in [9.17, 15) is 24.5 Å². The number of aryl methyl sites for hydroxylation is 1. The van der Waals surface area contributed by atoms with Gasteiger partial charge in [0, 0.05) is 17.7 Å². The van der Waals surface area contributed by atoms with Gasteiger partial charge in [0.1, 0.15) is 17.1 Å². The lowest BCUT2D eigenvalue weighted by Crippen LogP contribution is -2.54. The highest BCUT2D eigenvalue weighted by Gasteiger charge is 2.37. The van der Waals surface area contributed by atoms with Crippen molar-refractivity contribution in [2.75, 3.05) is 4.90 Å². The van der Waals surface area contributed by atoms with Crippen molar-refractivity contribution in [2.45, 2.75) is 6.92 Å². The molecule has 160 valence electrons. The summed E-state index contributed by atoms with van der Waals surface area (Å²) in [5.74, 6) is -1.34. The zero-order valence-electron chi connectivity index (χ0n) is 16.5. The summed E-state index contributed by atoms with van der Waals surface area (Å²) >= 11 is 6.14. The van der Waals surface area contributed by atoms with E-state index in [0.29, 0.717) is 5.69 Å². The molecule has 1 saturated heterocycles. The molecule has 0 atom stereocenters. The summed E-state index contributed by atoms with van der Waals surface area (Å²) in [7, 11) is 0. The second kappa shape index (κ2) is 8.12. The normalized spacial score (nSPS) is 15.2. The van der Waals surface area contributed by atoms with Gasteiger partial charge in [-0.2, -0.15) is 0 Å². The SMILES string of the molecule is Cc1cccc(N2C(=O)NC(=O)/C(=C\c3ccc(-c4cc([N+](=O)[O-])ccc4Cl)o3)C2=O)c1. The standard InChI is InChI=1S/C22H14ClN3O6/c1-12-3-2-4-13(9-12)25-21(28)17(20(27)24-22(25)29)11-15-6-8-19(32-15)16-10-14(26(30)31)5-7-18(16)23/h2-11H,1H3,(H,24,27,29)/b17-11+. The van der Waals surface area contributed by atoms with Crippen molar-refractivity contribution in [3.63, 3.8) is 0 Å². The molecule has 2 aromatic carbocycles. The Morgan fingerprint density at radius 1 is 1.09 bits per heavy atom. The van der Waals surface area contributed by atoms with Crippen molar-refractivity contribution in [2.24, 2.45) is 0 Å². The maximum atomic E-state index is 13.0. The van der Waals surface area contributed by atoms with Crippen LogP contribution < -0.4 is 10.2 Å². The Kier molecular flexibility index (Phi) is 5.33. The first kappa shape index (κ1) is 21.0. The largest absolute Gasteiger partial charge is 0.457 e. The number of barbiturate groups is 1. The Bertz CT molecular complexity index is 1330. The van der Waals surface area contributed by atoms with E-state index in [2.05, 4.69) is 5.32 Å². The van der Waals surface area contributed by atoms with Crippen molar-refractivity contribution in [1.82, 2.24) is 5.32 Å². The maximum Gasteiger partial charge on any atom is 0.335 e. The van der Waals surface area contributed by atoms with E-state index in [0.717, 1.165) is 10.5 Å². The number of nitro benzene ring substituents is 1. The number of carbonyl (C=O) groups is 3. The minimum absolute atomic E-state index is 0.125. The summed E-state index contributed by atoms with van der Waals surface area (Å²) in [6.45, 7) is 1.81. The number of furan rings is 1. The van der Waals surface area contributed by atoms with Crippen molar-refractivity contribution < 1.29 is 23.7 Å². The predicted octanol–water partition coefficient (Wildman–Crippen LogP) is 4.48. The number of anilines is 1. The number of nitrogens with one attached hydrogen (secondary N) is 1. The van der Waals surface area contributed by atoms with Crippen LogP contribution in [-0.4, -0.2) is 22.8 Å². The Hall–Kier alpha value is -4.24. The Morgan fingerprint density at radius 2 is 1.88 bits per heavy atom. The number of hydrogen-bond donors (Lipinski definition) is 1. The summed E-state index contributed by atoms with van der Waals surface area (Å²) in [4.78, 5) is 48.9. The van der Waals surface area contributed by atoms with E-state index in [1.807, 2.05) is 0 Å². The quantitative estimate of drug-likeness (QED) is 0.270. The highest BCUT2D eigenvalue weighted by Crippen LogP contribution is 2.33. The fourth-order valence-electron chi connectivity index (χ4n) is 3.19. The van der Waals surface area contributed by atoms with Gasteiger partial charge in [-0.3, -0.25) is 25.0 Å². The van der Waals surface area contributed by atoms with Crippen LogP contribution in [0.1, 0.15) is 11.3 Å². The van der Waals surface area contributed by atoms with Crippen LogP contribution in [0.2, 0.25) is 5.02 Å². The van der Waals surface area contributed by atoms with E-state index < -0.39 is 22.8 Å². The van der Waals surface area contributed by atoms with E-state index >= 15 is 0 Å². The van der Waals surface area contributed by atoms with Crippen molar-refractivity contribution in [3.05, 3.63) is 86.6 Å². The molecule has 0 radical (unpaired) electrons. The van der Waals surface area contributed by atoms with Gasteiger partial charge in [0.2, 0.25) is 0 Å². The molecule has 0 bridgehead atoms. The highest BCUT2D eigenvalue weighted by molar-refractivity contribution is 6.39. The van der Waals surface area contributed by atoms with Crippen molar-refractivity contribution in [1.29, 1.82) is 0 Å². The fourth-order valence-corrected chi connectivity index (χ4v) is 3.40. The molecule has 1 fully saturated rings. The van der Waals surface area contributed by atoms with E-state index in [1.165, 1.54) is 36.4 Å². The average Bonchev–Trinajstić information content (AvgIpc) is 3.19. The molecular formula is C22H14ClN3O6. The van der Waals surface area contributed by atoms with Crippen molar-refractivity contribution >= 4 is 46.9 Å². The number of halogens is 1. The minimum Gasteiger partial charge on any atom is -0.457 e. The molecule has 0 aliphatic carbocycles. The number of rotatable bonds is 4. The van der Waals surface area contributed by atoms with E-state index in [4.69, 9.17) is 16.0 Å². The van der Waals surface area contributed by atoms with Gasteiger partial charge >= 0.3 is 6.03 Å². The lowest BCUT2D eigenvalue weighted by atomic mass is 10.1. The smallest absolute Gasteiger partial charge is 0.335 e. The van der Waals surface area contributed by atoms with Gasteiger partial charge in [0.25, 0.3) is 17.5 Å². The van der Waals surface area contributed by atoms with Crippen LogP contribution in [0.25, 0.3) is 17.4 Å². The number of nitrogens with zero attached hydrogens (tertiary/aromatic N) is 2. The molecule has 0 spiro atoms. The van der Waals surface area contributed by atoms with Crippen LogP contribution in [0.4, 0.5) is 16.2 Å². The third-order valence-corrected chi connectivity index (χ3v) is 5.03. The third kappa shape index (κ3) is 3.88. The third-order valence-electron chi connectivity index (χ3n) is 4.70. The molecule has 0 saturated carbocycles. The number of non-ortho nitro benzene ring substituents is 1. The molecule has 1 aliphatic heterocycles. The number of imide groups is 2. The number of benzene rings is 2. The molecule has 0 unspecified atom stereocenters. The van der Waals surface area contributed by atoms with Gasteiger partial charge < -0.3 is 4.42 Å². The molecule has 1 aliphatic rings. The zero-order chi connectivity index (χ0) is 23.0. The lowest BCUT2D eigenvalue weighted by molar-refractivity contribution is -0.384. The number of amides is 4. The first-order chi connectivity index (χ1) is 15.2. The summed E-state index contributed by atoms with van der Waals surface area (Å²) in [6, 6.07) is 12.7. The second-order valence-corrected chi connectivity index (χ2v) is 7.33. The van der Waals surface area contributed by atoms with Crippen LogP contribution in [0.3, 0.4) is 0 Å². The summed E-state index contributed by atoms with van der Waals surface area (Å²) in [5.41, 5.74) is 0.943. The van der Waals surface area contributed by atoms with E-state index in [-0.39, 0.29) is 33.4 Å². The van der Waals surface area contributed by atoms with Gasteiger partial charge in [-0.25, -0.2) is 9.69 Å². The molecular weight excluding hydrogens is 438 g/mol. The molecule has 4 amide bonds. The first-order valence-electron chi connectivity index (χ1n) is 9.27. The first-order valence-corrected chi connectivity index (χ1v) is 9.64. The molecule has 2 heterocycles. The topological polar surface area (TPSA) is 123 Å². The number of hydrogen-bond acceptors (Lipinski definition) is 6. The summed E-state index contributed by atoms with van der Waals surface area (Å²) in [5, 5.41) is 13.4. The molecule has 1 aromatic heterocycles. The minimum atomic E-state index is -0.866. The number of urea groups is 1. The predicted molar refractivity (Wildman–Crippen MR) is 116 cm³/mol. The second-order valence-electron chi connectivity index (χ2n) is 6.92. The highest BCUT2D eigenvalue weighted by atomic mass is 35.5. The van der Waals surface area contributed by atoms with Gasteiger partial charge in [-0.15, -0.1) is 0 Å². The lowest BCUT2D eigenvalue weighted by Gasteiger charge is -2.26. The van der Waals surface area contributed by atoms with Gasteiger partial charge in [0.05, 0.1) is 15.6 Å². The zero-order valence-corrected chi connectivity index (χ0v) is 17.3. The Morgan fingerprint density at radius 3 is 2.59 bits per heavy atom. The fraction of sp³-hybridized carbons (Fsp3) is 0.0455. The van der Waals surface area contributed by atoms with Gasteiger partial charge in [0.15, 0.2) is 0 Å². The average molecular weight is 452 g/mol. The van der Waals surface area contributed by atoms with Crippen LogP contribution in [-0.2, 0) is 9.59 Å². The molecule has 4 rings (SSSR count). The van der Waals surface area contributed by atoms with Crippen LogP contribution in [0.5, 0.6) is 0 Å². The van der Waals surface area contributed by atoms with Crippen LogP contribution >= 0.6 is 11.6 Å². The molecule has 1 N–H and O–H groups in total. The maximum absolute atomic E-state index is 13.0. The number of carbonyl (C=O) groups excluding carboxylic acids is 3. The molecule has 3 aromatic rings.